The maximum absolute atomic E-state index is 8.97. The molecule has 0 aromatic heterocycles. The molecule has 0 amide bonds. The summed E-state index contributed by atoms with van der Waals surface area (Å²) in [5.41, 5.74) is 0.188. The number of aliphatic hydroxyl groups is 1. The highest BCUT2D eigenvalue weighted by atomic mass is 16.5. The smallest absolute Gasteiger partial charge is 0.0483 e. The molecule has 0 bridgehead atoms. The number of nitrogens with zero attached hydrogens (tertiary/aromatic N) is 1. The molecule has 3 heteroatoms. The van der Waals surface area contributed by atoms with Gasteiger partial charge in [0.2, 0.25) is 0 Å². The van der Waals surface area contributed by atoms with E-state index in [1.807, 2.05) is 0 Å². The molecular formula is C9H19NO2. The average molecular weight is 173 g/mol. The van der Waals surface area contributed by atoms with E-state index in [-0.39, 0.29) is 12.1 Å². The number of hydrogen-bond donors (Lipinski definition) is 1. The van der Waals surface area contributed by atoms with Gasteiger partial charge in [0.15, 0.2) is 0 Å². The van der Waals surface area contributed by atoms with E-state index in [9.17, 15) is 0 Å². The van der Waals surface area contributed by atoms with Crippen molar-refractivity contribution in [3.05, 3.63) is 0 Å². The molecule has 0 atom stereocenters. The molecule has 1 heterocycles. The van der Waals surface area contributed by atoms with Crippen LogP contribution in [-0.2, 0) is 4.74 Å². The Morgan fingerprint density at radius 3 is 2.33 bits per heavy atom. The summed E-state index contributed by atoms with van der Waals surface area (Å²) >= 11 is 0. The number of ether oxygens (including phenoxy) is 1. The molecule has 1 aliphatic rings. The van der Waals surface area contributed by atoms with Crippen LogP contribution in [0.25, 0.3) is 0 Å². The van der Waals surface area contributed by atoms with Crippen molar-refractivity contribution in [2.45, 2.75) is 24.8 Å². The van der Waals surface area contributed by atoms with E-state index >= 15 is 0 Å². The highest BCUT2D eigenvalue weighted by Gasteiger charge is 2.33. The van der Waals surface area contributed by atoms with Gasteiger partial charge in [-0.05, 0) is 33.4 Å². The Hall–Kier alpha value is -0.120. The second-order valence-corrected chi connectivity index (χ2v) is 3.70. The molecule has 0 aliphatic carbocycles. The summed E-state index contributed by atoms with van der Waals surface area (Å²) in [5, 5.41) is 8.97. The SMILES string of the molecule is CN(C)C1(CCO)CCOCC1. The minimum Gasteiger partial charge on any atom is -0.396 e. The molecule has 72 valence electrons. The van der Waals surface area contributed by atoms with Gasteiger partial charge in [-0.25, -0.2) is 0 Å². The minimum atomic E-state index is 0.188. The third-order valence-electron chi connectivity index (χ3n) is 2.95. The van der Waals surface area contributed by atoms with Crippen LogP contribution in [0.5, 0.6) is 0 Å². The molecule has 12 heavy (non-hydrogen) atoms. The zero-order valence-electron chi connectivity index (χ0n) is 8.05. The first-order chi connectivity index (χ1) is 5.71. The van der Waals surface area contributed by atoms with Gasteiger partial charge >= 0.3 is 0 Å². The summed E-state index contributed by atoms with van der Waals surface area (Å²) in [7, 11) is 4.17. The van der Waals surface area contributed by atoms with Crippen LogP contribution in [-0.4, -0.2) is 49.5 Å². The molecule has 0 saturated carbocycles. The molecular weight excluding hydrogens is 154 g/mol. The van der Waals surface area contributed by atoms with Gasteiger partial charge in [0.1, 0.15) is 0 Å². The fourth-order valence-corrected chi connectivity index (χ4v) is 1.88. The van der Waals surface area contributed by atoms with Gasteiger partial charge in [-0.15, -0.1) is 0 Å². The minimum absolute atomic E-state index is 0.188. The second-order valence-electron chi connectivity index (χ2n) is 3.70. The molecule has 1 saturated heterocycles. The van der Waals surface area contributed by atoms with Crippen LogP contribution in [0.2, 0.25) is 0 Å². The van der Waals surface area contributed by atoms with E-state index in [2.05, 4.69) is 19.0 Å². The van der Waals surface area contributed by atoms with E-state index in [1.165, 1.54) is 0 Å². The molecule has 1 fully saturated rings. The van der Waals surface area contributed by atoms with Gasteiger partial charge < -0.3 is 14.7 Å². The zero-order chi connectivity index (χ0) is 9.03. The summed E-state index contributed by atoms with van der Waals surface area (Å²) < 4.78 is 5.31. The van der Waals surface area contributed by atoms with Gasteiger partial charge in [0.05, 0.1) is 0 Å². The van der Waals surface area contributed by atoms with E-state index in [0.29, 0.717) is 0 Å². The molecule has 1 N–H and O–H groups in total. The van der Waals surface area contributed by atoms with Gasteiger partial charge in [0, 0.05) is 25.4 Å². The summed E-state index contributed by atoms with van der Waals surface area (Å²) in [6, 6.07) is 0. The van der Waals surface area contributed by atoms with Crippen LogP contribution >= 0.6 is 0 Å². The van der Waals surface area contributed by atoms with Gasteiger partial charge in [-0.2, -0.15) is 0 Å². The van der Waals surface area contributed by atoms with Crippen molar-refractivity contribution in [2.24, 2.45) is 0 Å². The van der Waals surface area contributed by atoms with Crippen LogP contribution in [0.15, 0.2) is 0 Å². The molecule has 0 radical (unpaired) electrons. The molecule has 1 aliphatic heterocycles. The van der Waals surface area contributed by atoms with E-state index < -0.39 is 0 Å². The predicted octanol–water partition coefficient (Wildman–Crippen LogP) is 0.480. The van der Waals surface area contributed by atoms with Crippen molar-refractivity contribution in [1.29, 1.82) is 0 Å². The second kappa shape index (κ2) is 4.21. The molecule has 0 spiro atoms. The van der Waals surface area contributed by atoms with Crippen molar-refractivity contribution >= 4 is 0 Å². The Morgan fingerprint density at radius 1 is 1.33 bits per heavy atom. The first-order valence-electron chi connectivity index (χ1n) is 4.57. The predicted molar refractivity (Wildman–Crippen MR) is 48.2 cm³/mol. The van der Waals surface area contributed by atoms with Gasteiger partial charge in [-0.3, -0.25) is 0 Å². The van der Waals surface area contributed by atoms with Crippen LogP contribution in [0.4, 0.5) is 0 Å². The molecule has 0 aromatic carbocycles. The average Bonchev–Trinajstić information content (AvgIpc) is 2.06. The number of rotatable bonds is 3. The molecule has 0 aromatic rings. The van der Waals surface area contributed by atoms with Crippen molar-refractivity contribution in [3.63, 3.8) is 0 Å². The Morgan fingerprint density at radius 2 is 1.92 bits per heavy atom. The fraction of sp³-hybridized carbons (Fsp3) is 1.00. The summed E-state index contributed by atoms with van der Waals surface area (Å²) in [5.74, 6) is 0. The lowest BCUT2D eigenvalue weighted by atomic mass is 9.86. The van der Waals surface area contributed by atoms with Crippen LogP contribution < -0.4 is 0 Å². The molecule has 0 unspecified atom stereocenters. The highest BCUT2D eigenvalue weighted by molar-refractivity contribution is 4.89. The number of aliphatic hydroxyl groups excluding tert-OH is 1. The maximum Gasteiger partial charge on any atom is 0.0483 e. The lowest BCUT2D eigenvalue weighted by Gasteiger charge is -2.42. The van der Waals surface area contributed by atoms with E-state index in [4.69, 9.17) is 9.84 Å². The van der Waals surface area contributed by atoms with E-state index in [0.717, 1.165) is 32.5 Å². The Kier molecular flexibility index (Phi) is 3.50. The standard InChI is InChI=1S/C9H19NO2/c1-10(2)9(3-6-11)4-7-12-8-5-9/h11H,3-8H2,1-2H3. The summed E-state index contributed by atoms with van der Waals surface area (Å²) in [6.07, 6.45) is 2.95. The Labute approximate surface area is 74.3 Å². The van der Waals surface area contributed by atoms with E-state index in [1.54, 1.807) is 0 Å². The van der Waals surface area contributed by atoms with Crippen LogP contribution in [0, 0.1) is 0 Å². The summed E-state index contributed by atoms with van der Waals surface area (Å²) in [4.78, 5) is 2.23. The maximum atomic E-state index is 8.97. The number of hydrogen-bond acceptors (Lipinski definition) is 3. The fourth-order valence-electron chi connectivity index (χ4n) is 1.88. The van der Waals surface area contributed by atoms with Crippen LogP contribution in [0.1, 0.15) is 19.3 Å². The third-order valence-corrected chi connectivity index (χ3v) is 2.95. The summed E-state index contributed by atoms with van der Waals surface area (Å²) in [6.45, 7) is 1.94. The first-order valence-corrected chi connectivity index (χ1v) is 4.57. The van der Waals surface area contributed by atoms with Crippen molar-refractivity contribution in [1.82, 2.24) is 4.90 Å². The monoisotopic (exact) mass is 173 g/mol. The lowest BCUT2D eigenvalue weighted by Crippen LogP contribution is -2.49. The lowest BCUT2D eigenvalue weighted by molar-refractivity contribution is -0.0193. The van der Waals surface area contributed by atoms with Gasteiger partial charge in [-0.1, -0.05) is 0 Å². The van der Waals surface area contributed by atoms with Crippen molar-refractivity contribution in [2.75, 3.05) is 33.9 Å². The van der Waals surface area contributed by atoms with Gasteiger partial charge in [0.25, 0.3) is 0 Å². The van der Waals surface area contributed by atoms with Crippen LogP contribution in [0.3, 0.4) is 0 Å². The largest absolute Gasteiger partial charge is 0.396 e. The zero-order valence-corrected chi connectivity index (χ0v) is 8.05. The first kappa shape index (κ1) is 9.96. The quantitative estimate of drug-likeness (QED) is 0.674. The topological polar surface area (TPSA) is 32.7 Å². The van der Waals surface area contributed by atoms with Crippen molar-refractivity contribution in [3.8, 4) is 0 Å². The van der Waals surface area contributed by atoms with Crippen molar-refractivity contribution < 1.29 is 9.84 Å². The molecule has 1 rings (SSSR count). The molecule has 3 nitrogen and oxygen atoms in total. The third kappa shape index (κ3) is 1.97. The highest BCUT2D eigenvalue weighted by Crippen LogP contribution is 2.28. The Balaban J connectivity index is 2.56. The Bertz CT molecular complexity index is 125. The normalized spacial score (nSPS) is 23.0.